The number of rotatable bonds is 3. The number of imidazole rings is 1. The summed E-state index contributed by atoms with van der Waals surface area (Å²) in [6.07, 6.45) is -2.00. The van der Waals surface area contributed by atoms with Gasteiger partial charge < -0.3 is 9.30 Å². The molecule has 0 saturated carbocycles. The second-order valence-electron chi connectivity index (χ2n) is 3.79. The maximum absolute atomic E-state index is 12.1. The number of aromatic nitrogens is 2. The van der Waals surface area contributed by atoms with Gasteiger partial charge in [-0.15, -0.1) is 13.2 Å². The van der Waals surface area contributed by atoms with E-state index in [4.69, 9.17) is 0 Å². The lowest BCUT2D eigenvalue weighted by atomic mass is 10.1. The van der Waals surface area contributed by atoms with Crippen molar-refractivity contribution in [1.29, 1.82) is 0 Å². The summed E-state index contributed by atoms with van der Waals surface area (Å²) in [6, 6.07) is 4.92. The molecule has 0 bridgehead atoms. The first-order valence-electron chi connectivity index (χ1n) is 5.23. The number of halogens is 3. The predicted octanol–water partition coefficient (Wildman–Crippen LogP) is 2.55. The van der Waals surface area contributed by atoms with Crippen molar-refractivity contribution in [2.75, 3.05) is 0 Å². The quantitative estimate of drug-likeness (QED) is 0.805. The lowest BCUT2D eigenvalue weighted by Crippen LogP contribution is -2.17. The minimum Gasteiger partial charge on any atom is -0.406 e. The number of aryl methyl sites for hydroxylation is 1. The van der Waals surface area contributed by atoms with Crippen LogP contribution in [0.3, 0.4) is 0 Å². The second-order valence-corrected chi connectivity index (χ2v) is 3.79. The Labute approximate surface area is 106 Å². The molecule has 100 valence electrons. The minimum absolute atomic E-state index is 0.102. The standard InChI is InChI=1S/C12H9F3N2O2/c1-17-7-16-6-10(17)11(18)8-3-2-4-9(5-8)19-12(13,14)15/h2-7H,1H3. The molecule has 7 heteroatoms. The van der Waals surface area contributed by atoms with Crippen molar-refractivity contribution in [2.24, 2.45) is 7.05 Å². The second kappa shape index (κ2) is 4.75. The highest BCUT2D eigenvalue weighted by Crippen LogP contribution is 2.24. The molecule has 0 amide bonds. The van der Waals surface area contributed by atoms with Gasteiger partial charge >= 0.3 is 6.36 Å². The molecule has 0 unspecified atom stereocenters. The monoisotopic (exact) mass is 270 g/mol. The highest BCUT2D eigenvalue weighted by atomic mass is 19.4. The van der Waals surface area contributed by atoms with Crippen LogP contribution >= 0.6 is 0 Å². The Morgan fingerprint density at radius 3 is 2.68 bits per heavy atom. The van der Waals surface area contributed by atoms with Crippen LogP contribution in [-0.4, -0.2) is 21.7 Å². The number of carbonyl (C=O) groups is 1. The fourth-order valence-corrected chi connectivity index (χ4v) is 1.56. The predicted molar refractivity (Wildman–Crippen MR) is 59.8 cm³/mol. The van der Waals surface area contributed by atoms with Crippen LogP contribution in [-0.2, 0) is 7.05 Å². The van der Waals surface area contributed by atoms with E-state index >= 15 is 0 Å². The van der Waals surface area contributed by atoms with Crippen molar-refractivity contribution < 1.29 is 22.7 Å². The van der Waals surface area contributed by atoms with E-state index < -0.39 is 17.9 Å². The summed E-state index contributed by atoms with van der Waals surface area (Å²) in [5.41, 5.74) is 0.384. The lowest BCUT2D eigenvalue weighted by molar-refractivity contribution is -0.274. The van der Waals surface area contributed by atoms with E-state index in [0.29, 0.717) is 0 Å². The number of nitrogens with zero attached hydrogens (tertiary/aromatic N) is 2. The largest absolute Gasteiger partial charge is 0.573 e. The Morgan fingerprint density at radius 1 is 1.37 bits per heavy atom. The Bertz CT molecular complexity index is 605. The van der Waals surface area contributed by atoms with Gasteiger partial charge in [-0.1, -0.05) is 12.1 Å². The molecule has 4 nitrogen and oxygen atoms in total. The summed E-state index contributed by atoms with van der Waals surface area (Å²) < 4.78 is 41.5. The highest BCUT2D eigenvalue weighted by molar-refractivity contribution is 6.07. The molecule has 0 fully saturated rings. The van der Waals surface area contributed by atoms with Crippen molar-refractivity contribution in [3.8, 4) is 5.75 Å². The average molecular weight is 270 g/mol. The van der Waals surface area contributed by atoms with E-state index in [1.807, 2.05) is 0 Å². The molecule has 0 aliphatic rings. The molecule has 2 aromatic rings. The first-order valence-corrected chi connectivity index (χ1v) is 5.23. The molecule has 0 spiro atoms. The minimum atomic E-state index is -4.78. The topological polar surface area (TPSA) is 44.1 Å². The number of hydrogen-bond donors (Lipinski definition) is 0. The third-order valence-corrected chi connectivity index (χ3v) is 2.38. The molecule has 19 heavy (non-hydrogen) atoms. The fourth-order valence-electron chi connectivity index (χ4n) is 1.56. The molecule has 0 radical (unpaired) electrons. The molecular weight excluding hydrogens is 261 g/mol. The first-order chi connectivity index (χ1) is 8.87. The normalized spacial score (nSPS) is 11.4. The maximum atomic E-state index is 12.1. The molecule has 0 atom stereocenters. The summed E-state index contributed by atoms with van der Waals surface area (Å²) in [7, 11) is 1.62. The summed E-state index contributed by atoms with van der Waals surface area (Å²) in [5, 5.41) is 0. The van der Waals surface area contributed by atoms with Crippen molar-refractivity contribution in [3.05, 3.63) is 48.0 Å². The number of ketones is 1. The van der Waals surface area contributed by atoms with E-state index in [0.717, 1.165) is 12.1 Å². The van der Waals surface area contributed by atoms with E-state index in [1.54, 1.807) is 7.05 Å². The van der Waals surface area contributed by atoms with Crippen LogP contribution in [0, 0.1) is 0 Å². The molecule has 0 saturated heterocycles. The number of alkyl halides is 3. The van der Waals surface area contributed by atoms with Crippen LogP contribution in [0.2, 0.25) is 0 Å². The number of carbonyl (C=O) groups excluding carboxylic acids is 1. The van der Waals surface area contributed by atoms with Crippen LogP contribution in [0.4, 0.5) is 13.2 Å². The summed E-state index contributed by atoms with van der Waals surface area (Å²) in [4.78, 5) is 15.8. The van der Waals surface area contributed by atoms with Gasteiger partial charge in [-0.3, -0.25) is 4.79 Å². The van der Waals surface area contributed by atoms with Crippen molar-refractivity contribution in [2.45, 2.75) is 6.36 Å². The van der Waals surface area contributed by atoms with Crippen LogP contribution in [0.1, 0.15) is 16.1 Å². The third kappa shape index (κ3) is 3.12. The summed E-state index contributed by atoms with van der Waals surface area (Å²) in [5.74, 6) is -0.854. The molecule has 0 aliphatic heterocycles. The van der Waals surface area contributed by atoms with Crippen LogP contribution in [0.15, 0.2) is 36.8 Å². The van der Waals surface area contributed by atoms with Crippen molar-refractivity contribution in [1.82, 2.24) is 9.55 Å². The number of benzene rings is 1. The first kappa shape index (κ1) is 13.1. The zero-order chi connectivity index (χ0) is 14.0. The van der Waals surface area contributed by atoms with Gasteiger partial charge in [-0.05, 0) is 12.1 Å². The Morgan fingerprint density at radius 2 is 2.11 bits per heavy atom. The Balaban J connectivity index is 2.29. The van der Waals surface area contributed by atoms with Gasteiger partial charge in [0.1, 0.15) is 11.4 Å². The molecule has 0 aliphatic carbocycles. The molecule has 1 heterocycles. The summed E-state index contributed by atoms with van der Waals surface area (Å²) >= 11 is 0. The smallest absolute Gasteiger partial charge is 0.406 e. The number of hydrogen-bond acceptors (Lipinski definition) is 3. The average Bonchev–Trinajstić information content (AvgIpc) is 2.72. The highest BCUT2D eigenvalue weighted by Gasteiger charge is 2.31. The molecular formula is C12H9F3N2O2. The van der Waals surface area contributed by atoms with Crippen LogP contribution in [0.25, 0.3) is 0 Å². The van der Waals surface area contributed by atoms with Gasteiger partial charge in [0.05, 0.1) is 12.5 Å². The Hall–Kier alpha value is -2.31. The van der Waals surface area contributed by atoms with E-state index in [-0.39, 0.29) is 11.3 Å². The van der Waals surface area contributed by atoms with E-state index in [9.17, 15) is 18.0 Å². The number of ether oxygens (including phenoxy) is 1. The van der Waals surface area contributed by atoms with E-state index in [2.05, 4.69) is 9.72 Å². The molecule has 2 rings (SSSR count). The van der Waals surface area contributed by atoms with E-state index in [1.165, 1.54) is 29.2 Å². The fraction of sp³-hybridized carbons (Fsp3) is 0.167. The SMILES string of the molecule is Cn1cncc1C(=O)c1cccc(OC(F)(F)F)c1. The zero-order valence-corrected chi connectivity index (χ0v) is 9.81. The van der Waals surface area contributed by atoms with Crippen LogP contribution in [0.5, 0.6) is 5.75 Å². The molecule has 1 aromatic heterocycles. The summed E-state index contributed by atoms with van der Waals surface area (Å²) in [6.45, 7) is 0. The maximum Gasteiger partial charge on any atom is 0.573 e. The van der Waals surface area contributed by atoms with Gasteiger partial charge in [0.15, 0.2) is 0 Å². The lowest BCUT2D eigenvalue weighted by Gasteiger charge is -2.09. The van der Waals surface area contributed by atoms with Gasteiger partial charge in [0.2, 0.25) is 5.78 Å². The van der Waals surface area contributed by atoms with Gasteiger partial charge in [0, 0.05) is 12.6 Å². The molecule has 1 aromatic carbocycles. The zero-order valence-electron chi connectivity index (χ0n) is 9.81. The van der Waals surface area contributed by atoms with Crippen LogP contribution < -0.4 is 4.74 Å². The molecule has 0 N–H and O–H groups in total. The van der Waals surface area contributed by atoms with Crippen molar-refractivity contribution in [3.63, 3.8) is 0 Å². The van der Waals surface area contributed by atoms with Gasteiger partial charge in [-0.25, -0.2) is 4.98 Å². The van der Waals surface area contributed by atoms with Gasteiger partial charge in [0.25, 0.3) is 0 Å². The Kier molecular flexibility index (Phi) is 3.28. The van der Waals surface area contributed by atoms with Crippen molar-refractivity contribution >= 4 is 5.78 Å². The van der Waals surface area contributed by atoms with Gasteiger partial charge in [-0.2, -0.15) is 0 Å². The third-order valence-electron chi connectivity index (χ3n) is 2.38.